The Bertz CT molecular complexity index is 1510. The monoisotopic (exact) mass is 1230 g/mol. The smallest absolute Gasteiger partial charge is 0.306 e. The van der Waals surface area contributed by atoms with E-state index >= 15 is 0 Å². The molecule has 0 aromatic heterocycles. The molecule has 1 saturated heterocycles. The Labute approximate surface area is 537 Å². The minimum absolute atomic E-state index is 0.126. The molecule has 1 fully saturated rings. The minimum Gasteiger partial charge on any atom is -0.454 e. The molecular formula is C76H145NO10. The van der Waals surface area contributed by atoms with E-state index < -0.39 is 67.4 Å². The summed E-state index contributed by atoms with van der Waals surface area (Å²) in [7, 11) is 0. The molecule has 11 nitrogen and oxygen atoms in total. The largest absolute Gasteiger partial charge is 0.454 e. The van der Waals surface area contributed by atoms with Gasteiger partial charge in [0.1, 0.15) is 24.4 Å². The zero-order valence-electron chi connectivity index (χ0n) is 57.4. The molecule has 0 aromatic carbocycles. The summed E-state index contributed by atoms with van der Waals surface area (Å²) in [6, 6.07) is -1.02. The highest BCUT2D eigenvalue weighted by atomic mass is 16.7. The molecule has 0 bridgehead atoms. The molecule has 11 heteroatoms. The van der Waals surface area contributed by atoms with Gasteiger partial charge in [0.05, 0.1) is 25.4 Å². The van der Waals surface area contributed by atoms with Crippen molar-refractivity contribution in [2.24, 2.45) is 0 Å². The summed E-state index contributed by atoms with van der Waals surface area (Å²) in [5.41, 5.74) is 0. The van der Waals surface area contributed by atoms with Crippen molar-refractivity contribution in [3.63, 3.8) is 0 Å². The molecule has 1 aliphatic heterocycles. The maximum absolute atomic E-state index is 13.5. The standard InChI is InChI=1S/C76H145NO10/c1-4-7-10-13-16-19-22-25-27-29-31-32-33-34-35-36-37-39-40-42-45-48-51-54-57-60-63-69(80)75(84)77-67(68(79)62-59-56-53-50-47-44-24-21-18-15-12-9-6-3)66-85-76-74(73(83)72(82)70(65-78)86-76)87-71(81)64-61-58-55-52-49-46-43-41-38-30-28-26-23-20-17-14-11-8-5-2/h26,28,59,62,67-70,72-74,76,78-80,82-83H,4-25,27,29-58,60-61,63-66H2,1-3H3,(H,77,84)/b28-26+,62-59+. The van der Waals surface area contributed by atoms with Crippen LogP contribution in [0.2, 0.25) is 0 Å². The zero-order valence-corrected chi connectivity index (χ0v) is 57.4. The van der Waals surface area contributed by atoms with Crippen LogP contribution in [0.15, 0.2) is 24.3 Å². The van der Waals surface area contributed by atoms with Crippen LogP contribution in [0.4, 0.5) is 0 Å². The molecule has 0 aliphatic carbocycles. The van der Waals surface area contributed by atoms with Crippen LogP contribution in [0.5, 0.6) is 0 Å². The van der Waals surface area contributed by atoms with Gasteiger partial charge in [0.15, 0.2) is 12.4 Å². The molecule has 6 N–H and O–H groups in total. The summed E-state index contributed by atoms with van der Waals surface area (Å²) in [6.07, 6.45) is 68.0. The maximum atomic E-state index is 13.5. The number of hydrogen-bond donors (Lipinski definition) is 6. The summed E-state index contributed by atoms with van der Waals surface area (Å²) in [4.78, 5) is 26.7. The molecule has 0 spiro atoms. The Kier molecular flexibility index (Phi) is 61.4. The van der Waals surface area contributed by atoms with Crippen LogP contribution in [0, 0.1) is 0 Å². The van der Waals surface area contributed by atoms with Gasteiger partial charge in [0, 0.05) is 6.42 Å². The van der Waals surface area contributed by atoms with E-state index in [0.717, 1.165) is 57.8 Å². The summed E-state index contributed by atoms with van der Waals surface area (Å²) < 4.78 is 17.7. The van der Waals surface area contributed by atoms with Gasteiger partial charge in [-0.2, -0.15) is 0 Å². The number of allylic oxidation sites excluding steroid dienone is 3. The van der Waals surface area contributed by atoms with Crippen LogP contribution in [-0.4, -0.2) is 99.6 Å². The lowest BCUT2D eigenvalue weighted by Gasteiger charge is -2.41. The maximum Gasteiger partial charge on any atom is 0.306 e. The number of carbonyl (C=O) groups is 2. The van der Waals surface area contributed by atoms with E-state index in [-0.39, 0.29) is 13.0 Å². The molecule has 8 unspecified atom stereocenters. The summed E-state index contributed by atoms with van der Waals surface area (Å²) in [5.74, 6) is -1.18. The van der Waals surface area contributed by atoms with E-state index in [1.165, 1.54) is 283 Å². The Morgan fingerprint density at radius 2 is 0.759 bits per heavy atom. The third-order valence-electron chi connectivity index (χ3n) is 18.4. The first kappa shape index (κ1) is 83.2. The van der Waals surface area contributed by atoms with E-state index in [1.807, 2.05) is 6.08 Å². The molecule has 1 amide bonds. The lowest BCUT2D eigenvalue weighted by molar-refractivity contribution is -0.305. The quantitative estimate of drug-likeness (QED) is 0.0195. The van der Waals surface area contributed by atoms with Crippen molar-refractivity contribution < 1.29 is 49.3 Å². The average molecular weight is 1230 g/mol. The van der Waals surface area contributed by atoms with Gasteiger partial charge < -0.3 is 45.1 Å². The fourth-order valence-corrected chi connectivity index (χ4v) is 12.4. The van der Waals surface area contributed by atoms with Crippen LogP contribution >= 0.6 is 0 Å². The number of ether oxygens (including phenoxy) is 3. The first-order valence-electron chi connectivity index (χ1n) is 38.1. The van der Waals surface area contributed by atoms with Crippen molar-refractivity contribution in [3.8, 4) is 0 Å². The minimum atomic E-state index is -1.61. The van der Waals surface area contributed by atoms with Gasteiger partial charge in [-0.3, -0.25) is 9.59 Å². The lowest BCUT2D eigenvalue weighted by atomic mass is 9.99. The Balaban J connectivity index is 2.53. The van der Waals surface area contributed by atoms with Crippen LogP contribution in [-0.2, 0) is 23.8 Å². The number of nitrogens with one attached hydrogen (secondary N) is 1. The van der Waals surface area contributed by atoms with E-state index in [2.05, 4.69) is 38.2 Å². The predicted molar refractivity (Wildman–Crippen MR) is 366 cm³/mol. The Morgan fingerprint density at radius 1 is 0.437 bits per heavy atom. The number of carbonyl (C=O) groups excluding carboxylic acids is 2. The van der Waals surface area contributed by atoms with Gasteiger partial charge in [-0.25, -0.2) is 0 Å². The van der Waals surface area contributed by atoms with Crippen LogP contribution in [0.3, 0.4) is 0 Å². The molecule has 1 heterocycles. The second kappa shape index (κ2) is 64.3. The summed E-state index contributed by atoms with van der Waals surface area (Å²) >= 11 is 0. The number of rotatable bonds is 67. The second-order valence-electron chi connectivity index (χ2n) is 26.7. The third kappa shape index (κ3) is 51.4. The second-order valence-corrected chi connectivity index (χ2v) is 26.7. The average Bonchev–Trinajstić information content (AvgIpc) is 2.51. The number of unbranched alkanes of at least 4 members (excludes halogenated alkanes) is 51. The fourth-order valence-electron chi connectivity index (χ4n) is 12.4. The molecule has 8 atom stereocenters. The van der Waals surface area contributed by atoms with Crippen LogP contribution in [0.1, 0.15) is 387 Å². The summed E-state index contributed by atoms with van der Waals surface area (Å²) in [5, 5.41) is 57.4. The van der Waals surface area contributed by atoms with Crippen LogP contribution in [0.25, 0.3) is 0 Å². The number of esters is 1. The van der Waals surface area contributed by atoms with Crippen molar-refractivity contribution >= 4 is 11.9 Å². The third-order valence-corrected chi connectivity index (χ3v) is 18.4. The van der Waals surface area contributed by atoms with E-state index in [1.54, 1.807) is 6.08 Å². The topological polar surface area (TPSA) is 175 Å². The number of aliphatic hydroxyl groups is 5. The van der Waals surface area contributed by atoms with Gasteiger partial charge in [-0.1, -0.05) is 353 Å². The van der Waals surface area contributed by atoms with Crippen molar-refractivity contribution in [1.82, 2.24) is 5.32 Å². The highest BCUT2D eigenvalue weighted by Gasteiger charge is 2.47. The fraction of sp³-hybridized carbons (Fsp3) is 0.921. The molecule has 1 aliphatic rings. The molecular weight excluding hydrogens is 1090 g/mol. The Hall–Kier alpha value is -1.86. The van der Waals surface area contributed by atoms with Gasteiger partial charge in [0.2, 0.25) is 5.91 Å². The number of amides is 1. The predicted octanol–water partition coefficient (Wildman–Crippen LogP) is 20.0. The molecule has 87 heavy (non-hydrogen) atoms. The van der Waals surface area contributed by atoms with Crippen molar-refractivity contribution in [1.29, 1.82) is 0 Å². The van der Waals surface area contributed by atoms with E-state index in [0.29, 0.717) is 19.3 Å². The first-order chi connectivity index (χ1) is 42.7. The van der Waals surface area contributed by atoms with Gasteiger partial charge >= 0.3 is 5.97 Å². The molecule has 0 radical (unpaired) electrons. The van der Waals surface area contributed by atoms with E-state index in [4.69, 9.17) is 14.2 Å². The van der Waals surface area contributed by atoms with Crippen molar-refractivity contribution in [2.45, 2.75) is 436 Å². The molecule has 0 aromatic rings. The summed E-state index contributed by atoms with van der Waals surface area (Å²) in [6.45, 7) is 5.86. The SMILES string of the molecule is CCCCCCCC/C=C/CCCCCCCCCCCC(=O)OC1C(OCC(NC(=O)C(O)CCCCCCCCCCCCCCCCCCCCCCCCCCCC)C(O)/C=C/CCCCCCCCCCCCC)OC(CO)C(O)C1O. The van der Waals surface area contributed by atoms with Gasteiger partial charge in [0.25, 0.3) is 0 Å². The highest BCUT2D eigenvalue weighted by Crippen LogP contribution is 2.27. The number of aliphatic hydroxyl groups excluding tert-OH is 5. The van der Waals surface area contributed by atoms with E-state index in [9.17, 15) is 35.1 Å². The zero-order chi connectivity index (χ0) is 63.1. The van der Waals surface area contributed by atoms with Gasteiger partial charge in [-0.05, 0) is 51.4 Å². The Morgan fingerprint density at radius 3 is 1.11 bits per heavy atom. The molecule has 514 valence electrons. The normalized spacial score (nSPS) is 18.3. The van der Waals surface area contributed by atoms with Crippen LogP contribution < -0.4 is 5.32 Å². The molecule has 1 rings (SSSR count). The van der Waals surface area contributed by atoms with Crippen molar-refractivity contribution in [3.05, 3.63) is 24.3 Å². The lowest BCUT2D eigenvalue weighted by Crippen LogP contribution is -2.61. The van der Waals surface area contributed by atoms with Crippen molar-refractivity contribution in [2.75, 3.05) is 13.2 Å². The molecule has 0 saturated carbocycles. The highest BCUT2D eigenvalue weighted by molar-refractivity contribution is 5.80. The number of hydrogen-bond acceptors (Lipinski definition) is 10. The van der Waals surface area contributed by atoms with Gasteiger partial charge in [-0.15, -0.1) is 0 Å². The first-order valence-corrected chi connectivity index (χ1v) is 38.1.